The van der Waals surface area contributed by atoms with Crippen LogP contribution in [-0.4, -0.2) is 16.0 Å². The first-order chi connectivity index (χ1) is 10.6. The molecule has 1 aromatic carbocycles. The van der Waals surface area contributed by atoms with E-state index in [1.165, 1.54) is 0 Å². The van der Waals surface area contributed by atoms with Gasteiger partial charge in [-0.05, 0) is 43.4 Å². The first kappa shape index (κ1) is 14.7. The van der Waals surface area contributed by atoms with Gasteiger partial charge >= 0.3 is 0 Å². The number of carbonyl (C=O) groups excluding carboxylic acids is 1. The van der Waals surface area contributed by atoms with E-state index in [-0.39, 0.29) is 12.5 Å². The van der Waals surface area contributed by atoms with E-state index < -0.39 is 5.41 Å². The van der Waals surface area contributed by atoms with Gasteiger partial charge in [-0.1, -0.05) is 30.3 Å². The predicted octanol–water partition coefficient (Wildman–Crippen LogP) is 2.86. The number of aromatic nitrogens is 1. The summed E-state index contributed by atoms with van der Waals surface area (Å²) in [4.78, 5) is 17.0. The van der Waals surface area contributed by atoms with Crippen LogP contribution in [0.15, 0.2) is 36.5 Å². The van der Waals surface area contributed by atoms with Crippen molar-refractivity contribution < 1.29 is 9.90 Å². The Kier molecular flexibility index (Phi) is 3.71. The molecule has 0 aliphatic heterocycles. The molecule has 1 fully saturated rings. The van der Waals surface area contributed by atoms with Crippen molar-refractivity contribution in [2.45, 2.75) is 38.7 Å². The largest absolute Gasteiger partial charge is 0.390 e. The number of hydrogen-bond donors (Lipinski definition) is 2. The minimum absolute atomic E-state index is 0.0278. The fourth-order valence-electron chi connectivity index (χ4n) is 2.89. The molecule has 2 aromatic rings. The Morgan fingerprint density at radius 1 is 1.27 bits per heavy atom. The highest BCUT2D eigenvalue weighted by Crippen LogP contribution is 2.49. The summed E-state index contributed by atoms with van der Waals surface area (Å²) < 4.78 is 0. The van der Waals surface area contributed by atoms with Crippen LogP contribution in [0.3, 0.4) is 0 Å². The Morgan fingerprint density at radius 3 is 2.55 bits per heavy atom. The lowest BCUT2D eigenvalue weighted by molar-refractivity contribution is -0.118. The van der Waals surface area contributed by atoms with Gasteiger partial charge in [0.2, 0.25) is 5.91 Å². The van der Waals surface area contributed by atoms with Crippen LogP contribution in [0.25, 0.3) is 0 Å². The summed E-state index contributed by atoms with van der Waals surface area (Å²) >= 11 is 0. The maximum atomic E-state index is 12.8. The van der Waals surface area contributed by atoms with Gasteiger partial charge in [-0.3, -0.25) is 9.78 Å². The minimum atomic E-state index is -0.400. The van der Waals surface area contributed by atoms with Gasteiger partial charge in [0, 0.05) is 6.20 Å². The highest BCUT2D eigenvalue weighted by Gasteiger charge is 2.51. The summed E-state index contributed by atoms with van der Waals surface area (Å²) in [5.74, 6) is 0.0278. The van der Waals surface area contributed by atoms with Crippen LogP contribution in [0.5, 0.6) is 0 Å². The maximum absolute atomic E-state index is 12.8. The molecule has 3 rings (SSSR count). The van der Waals surface area contributed by atoms with Crippen LogP contribution in [0, 0.1) is 13.8 Å². The van der Waals surface area contributed by atoms with E-state index in [9.17, 15) is 9.90 Å². The van der Waals surface area contributed by atoms with E-state index in [2.05, 4.69) is 10.3 Å². The van der Waals surface area contributed by atoms with Gasteiger partial charge < -0.3 is 10.4 Å². The Balaban J connectivity index is 1.90. The fourth-order valence-corrected chi connectivity index (χ4v) is 2.89. The number of nitrogens with one attached hydrogen (secondary N) is 1. The second-order valence-corrected chi connectivity index (χ2v) is 5.95. The van der Waals surface area contributed by atoms with Crippen molar-refractivity contribution in [3.63, 3.8) is 0 Å². The molecule has 0 saturated heterocycles. The average Bonchev–Trinajstić information content (AvgIpc) is 3.34. The Morgan fingerprint density at radius 2 is 1.95 bits per heavy atom. The molecule has 1 aromatic heterocycles. The number of hydrogen-bond acceptors (Lipinski definition) is 3. The van der Waals surface area contributed by atoms with Gasteiger partial charge in [0.05, 0.1) is 23.4 Å². The van der Waals surface area contributed by atoms with Gasteiger partial charge in [-0.2, -0.15) is 0 Å². The molecule has 1 aliphatic carbocycles. The molecule has 0 radical (unpaired) electrons. The molecule has 0 atom stereocenters. The number of rotatable bonds is 4. The number of benzene rings is 1. The molecule has 114 valence electrons. The summed E-state index contributed by atoms with van der Waals surface area (Å²) in [6.07, 6.45) is 3.44. The molecule has 1 saturated carbocycles. The molecule has 2 N–H and O–H groups in total. The van der Waals surface area contributed by atoms with Crippen molar-refractivity contribution in [2.75, 3.05) is 5.32 Å². The summed E-state index contributed by atoms with van der Waals surface area (Å²) in [6, 6.07) is 9.92. The Bertz CT molecular complexity index is 707. The molecular weight excluding hydrogens is 276 g/mol. The molecule has 0 bridgehead atoms. The quantitative estimate of drug-likeness (QED) is 0.912. The molecule has 0 spiro atoms. The number of aryl methyl sites for hydroxylation is 1. The third kappa shape index (κ3) is 2.40. The summed E-state index contributed by atoms with van der Waals surface area (Å²) in [6.45, 7) is 3.67. The van der Waals surface area contributed by atoms with Crippen molar-refractivity contribution in [2.24, 2.45) is 0 Å². The SMILES string of the molecule is Cc1cnc(CO)c(C)c1NC(=O)C1(c2ccccc2)CC1. The second kappa shape index (κ2) is 5.54. The Labute approximate surface area is 130 Å². The van der Waals surface area contributed by atoms with Crippen LogP contribution >= 0.6 is 0 Å². The zero-order valence-electron chi connectivity index (χ0n) is 12.9. The third-order valence-electron chi connectivity index (χ3n) is 4.52. The highest BCUT2D eigenvalue weighted by atomic mass is 16.3. The smallest absolute Gasteiger partial charge is 0.235 e. The van der Waals surface area contributed by atoms with Gasteiger partial charge in [-0.15, -0.1) is 0 Å². The normalized spacial score (nSPS) is 15.4. The fraction of sp³-hybridized carbons (Fsp3) is 0.333. The zero-order valence-corrected chi connectivity index (χ0v) is 12.9. The van der Waals surface area contributed by atoms with Crippen LogP contribution in [-0.2, 0) is 16.8 Å². The van der Waals surface area contributed by atoms with E-state index in [0.717, 1.165) is 35.2 Å². The number of amides is 1. The minimum Gasteiger partial charge on any atom is -0.390 e. The molecule has 1 heterocycles. The average molecular weight is 296 g/mol. The first-order valence-corrected chi connectivity index (χ1v) is 7.51. The van der Waals surface area contributed by atoms with E-state index in [1.807, 2.05) is 44.2 Å². The molecule has 1 aliphatic rings. The van der Waals surface area contributed by atoms with E-state index in [4.69, 9.17) is 0 Å². The lowest BCUT2D eigenvalue weighted by Crippen LogP contribution is -2.28. The van der Waals surface area contributed by atoms with Gasteiger partial charge in [-0.25, -0.2) is 0 Å². The number of pyridine rings is 1. The van der Waals surface area contributed by atoms with Crippen LogP contribution < -0.4 is 5.32 Å². The monoisotopic (exact) mass is 296 g/mol. The van der Waals surface area contributed by atoms with E-state index in [1.54, 1.807) is 6.20 Å². The lowest BCUT2D eigenvalue weighted by Gasteiger charge is -2.19. The Hall–Kier alpha value is -2.20. The molecule has 4 nitrogen and oxygen atoms in total. The highest BCUT2D eigenvalue weighted by molar-refractivity contribution is 6.02. The lowest BCUT2D eigenvalue weighted by atomic mass is 9.94. The summed E-state index contributed by atoms with van der Waals surface area (Å²) in [7, 11) is 0. The van der Waals surface area contributed by atoms with E-state index >= 15 is 0 Å². The van der Waals surface area contributed by atoms with Crippen LogP contribution in [0.1, 0.15) is 35.2 Å². The maximum Gasteiger partial charge on any atom is 0.235 e. The number of nitrogens with zero attached hydrogens (tertiary/aromatic N) is 1. The van der Waals surface area contributed by atoms with E-state index in [0.29, 0.717) is 5.69 Å². The molecular formula is C18H20N2O2. The number of aliphatic hydroxyl groups excluding tert-OH is 1. The molecule has 22 heavy (non-hydrogen) atoms. The molecule has 1 amide bonds. The van der Waals surface area contributed by atoms with Crippen LogP contribution in [0.4, 0.5) is 5.69 Å². The number of carbonyl (C=O) groups is 1. The van der Waals surface area contributed by atoms with Crippen molar-refractivity contribution >= 4 is 11.6 Å². The van der Waals surface area contributed by atoms with Crippen molar-refractivity contribution in [3.05, 3.63) is 58.9 Å². The summed E-state index contributed by atoms with van der Waals surface area (Å²) in [5.41, 5.74) is 3.78. The number of aliphatic hydroxyl groups is 1. The zero-order chi connectivity index (χ0) is 15.7. The van der Waals surface area contributed by atoms with Crippen molar-refractivity contribution in [1.29, 1.82) is 0 Å². The van der Waals surface area contributed by atoms with Crippen molar-refractivity contribution in [1.82, 2.24) is 4.98 Å². The second-order valence-electron chi connectivity index (χ2n) is 5.95. The number of anilines is 1. The predicted molar refractivity (Wildman–Crippen MR) is 85.6 cm³/mol. The van der Waals surface area contributed by atoms with Gasteiger partial charge in [0.25, 0.3) is 0 Å². The van der Waals surface area contributed by atoms with Crippen LogP contribution in [0.2, 0.25) is 0 Å². The summed E-state index contributed by atoms with van der Waals surface area (Å²) in [5, 5.41) is 12.4. The third-order valence-corrected chi connectivity index (χ3v) is 4.52. The topological polar surface area (TPSA) is 62.2 Å². The van der Waals surface area contributed by atoms with Gasteiger partial charge in [0.15, 0.2) is 0 Å². The molecule has 4 heteroatoms. The molecule has 0 unspecified atom stereocenters. The standard InChI is InChI=1S/C18H20N2O2/c1-12-10-19-15(11-21)13(2)16(12)20-17(22)18(8-9-18)14-6-4-3-5-7-14/h3-7,10,21H,8-9,11H2,1-2H3,(H,19,20,22). The first-order valence-electron chi connectivity index (χ1n) is 7.51. The van der Waals surface area contributed by atoms with Gasteiger partial charge in [0.1, 0.15) is 0 Å². The van der Waals surface area contributed by atoms with Crippen molar-refractivity contribution in [3.8, 4) is 0 Å².